The zero-order chi connectivity index (χ0) is 55.7. The Morgan fingerprint density at radius 1 is 0.273 bits per heavy atom. The maximum absolute atomic E-state index is 12.9. The fourth-order valence-corrected chi connectivity index (χ4v) is 9.14. The highest BCUT2D eigenvalue weighted by molar-refractivity contribution is 5.71. The maximum atomic E-state index is 12.9. The summed E-state index contributed by atoms with van der Waals surface area (Å²) in [6, 6.07) is 0. The summed E-state index contributed by atoms with van der Waals surface area (Å²) < 4.78 is 16.9. The summed E-state index contributed by atoms with van der Waals surface area (Å²) in [5.41, 5.74) is 0. The number of hydrogen-bond acceptors (Lipinski definition) is 6. The smallest absolute Gasteiger partial charge is 0.306 e. The zero-order valence-electron chi connectivity index (χ0n) is 50.7. The van der Waals surface area contributed by atoms with E-state index in [9.17, 15) is 14.4 Å². The van der Waals surface area contributed by atoms with Gasteiger partial charge in [-0.25, -0.2) is 0 Å². The third-order valence-corrected chi connectivity index (χ3v) is 14.0. The first-order chi connectivity index (χ1) is 38.0. The summed E-state index contributed by atoms with van der Waals surface area (Å²) in [5.74, 6) is -0.943. The molecule has 0 rings (SSSR count). The van der Waals surface area contributed by atoms with E-state index in [4.69, 9.17) is 14.2 Å². The summed E-state index contributed by atoms with van der Waals surface area (Å²) >= 11 is 0. The Balaban J connectivity index is 4.41. The molecule has 0 radical (unpaired) electrons. The molecule has 442 valence electrons. The van der Waals surface area contributed by atoms with Crippen LogP contribution in [0.25, 0.3) is 0 Å². The molecule has 0 fully saturated rings. The fourth-order valence-electron chi connectivity index (χ4n) is 9.14. The van der Waals surface area contributed by atoms with Crippen LogP contribution in [-0.2, 0) is 28.6 Å². The van der Waals surface area contributed by atoms with Gasteiger partial charge in [0.2, 0.25) is 0 Å². The van der Waals surface area contributed by atoms with E-state index < -0.39 is 6.10 Å². The molecule has 77 heavy (non-hydrogen) atoms. The van der Waals surface area contributed by atoms with Gasteiger partial charge in [0.25, 0.3) is 0 Å². The van der Waals surface area contributed by atoms with Crippen LogP contribution in [0.3, 0.4) is 0 Å². The van der Waals surface area contributed by atoms with Crippen molar-refractivity contribution in [2.75, 3.05) is 13.2 Å². The largest absolute Gasteiger partial charge is 0.462 e. The van der Waals surface area contributed by atoms with Crippen molar-refractivity contribution in [1.29, 1.82) is 0 Å². The third-order valence-electron chi connectivity index (χ3n) is 14.0. The molecule has 0 saturated heterocycles. The molecule has 0 aliphatic rings. The molecule has 1 unspecified atom stereocenters. The molecule has 0 aromatic carbocycles. The Hall–Kier alpha value is -3.67. The second-order valence-corrected chi connectivity index (χ2v) is 21.6. The molecule has 0 spiro atoms. The van der Waals surface area contributed by atoms with Crippen LogP contribution in [0.2, 0.25) is 0 Å². The summed E-state index contributed by atoms with van der Waals surface area (Å²) in [5, 5.41) is 0. The minimum absolute atomic E-state index is 0.0961. The molecule has 0 aliphatic heterocycles. The molecule has 0 amide bonds. The number of esters is 3. The topological polar surface area (TPSA) is 78.9 Å². The van der Waals surface area contributed by atoms with E-state index in [2.05, 4.69) is 118 Å². The average Bonchev–Trinajstić information content (AvgIpc) is 3.43. The van der Waals surface area contributed by atoms with Gasteiger partial charge in [-0.1, -0.05) is 272 Å². The van der Waals surface area contributed by atoms with Gasteiger partial charge < -0.3 is 14.2 Å². The highest BCUT2D eigenvalue weighted by atomic mass is 16.6. The van der Waals surface area contributed by atoms with E-state index in [1.54, 1.807) is 0 Å². The van der Waals surface area contributed by atoms with E-state index in [0.717, 1.165) is 109 Å². The van der Waals surface area contributed by atoms with Crippen molar-refractivity contribution in [3.8, 4) is 0 Å². The first kappa shape index (κ1) is 73.3. The summed E-state index contributed by atoms with van der Waals surface area (Å²) in [6.07, 6.45) is 87.0. The second kappa shape index (κ2) is 64.9. The van der Waals surface area contributed by atoms with Crippen LogP contribution in [0.4, 0.5) is 0 Å². The van der Waals surface area contributed by atoms with E-state index in [1.807, 2.05) is 0 Å². The van der Waals surface area contributed by atoms with Crippen LogP contribution in [0.15, 0.2) is 97.2 Å². The normalized spacial score (nSPS) is 12.7. The van der Waals surface area contributed by atoms with Crippen LogP contribution in [0.5, 0.6) is 0 Å². The summed E-state index contributed by atoms with van der Waals surface area (Å²) in [6.45, 7) is 6.50. The van der Waals surface area contributed by atoms with Gasteiger partial charge in [-0.15, -0.1) is 0 Å². The van der Waals surface area contributed by atoms with E-state index in [1.165, 1.54) is 167 Å². The van der Waals surface area contributed by atoms with Crippen LogP contribution >= 0.6 is 0 Å². The first-order valence-corrected chi connectivity index (χ1v) is 32.7. The molecule has 1 atom stereocenters. The van der Waals surface area contributed by atoms with Gasteiger partial charge in [0.1, 0.15) is 13.2 Å². The van der Waals surface area contributed by atoms with Gasteiger partial charge in [0, 0.05) is 19.3 Å². The average molecular weight is 1070 g/mol. The number of carbonyl (C=O) groups is 3. The molecule has 0 aromatic heterocycles. The molecule has 0 aromatic rings. The quantitative estimate of drug-likeness (QED) is 0.0261. The Morgan fingerprint density at radius 2 is 0.506 bits per heavy atom. The van der Waals surface area contributed by atoms with Crippen LogP contribution in [0.1, 0.15) is 316 Å². The Kier molecular flexibility index (Phi) is 61.8. The van der Waals surface area contributed by atoms with E-state index >= 15 is 0 Å². The predicted octanol–water partition coefficient (Wildman–Crippen LogP) is 22.4. The third kappa shape index (κ3) is 63.0. The predicted molar refractivity (Wildman–Crippen MR) is 334 cm³/mol. The number of allylic oxidation sites excluding steroid dienone is 16. The number of carbonyl (C=O) groups excluding carboxylic acids is 3. The number of ether oxygens (including phenoxy) is 3. The van der Waals surface area contributed by atoms with Crippen molar-refractivity contribution in [2.45, 2.75) is 322 Å². The van der Waals surface area contributed by atoms with Crippen molar-refractivity contribution < 1.29 is 28.6 Å². The van der Waals surface area contributed by atoms with Gasteiger partial charge in [0.15, 0.2) is 6.10 Å². The molecular formula is C71H122O6. The van der Waals surface area contributed by atoms with Crippen molar-refractivity contribution in [3.05, 3.63) is 97.2 Å². The van der Waals surface area contributed by atoms with Crippen molar-refractivity contribution >= 4 is 17.9 Å². The monoisotopic (exact) mass is 1070 g/mol. The van der Waals surface area contributed by atoms with Crippen molar-refractivity contribution in [1.82, 2.24) is 0 Å². The van der Waals surface area contributed by atoms with E-state index in [0.29, 0.717) is 19.3 Å². The number of unbranched alkanes of at least 4 members (excludes halogenated alkanes) is 32. The van der Waals surface area contributed by atoms with Gasteiger partial charge in [0.05, 0.1) is 0 Å². The Morgan fingerprint density at radius 3 is 0.831 bits per heavy atom. The lowest BCUT2D eigenvalue weighted by molar-refractivity contribution is -0.167. The molecule has 0 heterocycles. The molecule has 0 saturated carbocycles. The number of rotatable bonds is 59. The van der Waals surface area contributed by atoms with E-state index in [-0.39, 0.29) is 31.1 Å². The molecule has 0 aliphatic carbocycles. The SMILES string of the molecule is CC/C=C\C/C=C\C/C=C\C/C=C\CCCCC(=O)OCC(COC(=O)CCCCCCCCCCCCC/C=C\CCCCCCCCCC)OC(=O)CCCCCCCC/C=C\C/C=C\C/C=C\CCCCCCC. The van der Waals surface area contributed by atoms with Gasteiger partial charge in [-0.2, -0.15) is 0 Å². The van der Waals surface area contributed by atoms with Gasteiger partial charge in [-0.3, -0.25) is 14.4 Å². The van der Waals surface area contributed by atoms with Crippen LogP contribution in [-0.4, -0.2) is 37.2 Å². The number of hydrogen-bond donors (Lipinski definition) is 0. The standard InChI is InChI=1S/C71H122O6/c1-4-7-10-13-16-19-22-25-28-30-32-34-35-37-38-40-43-46-49-52-55-58-61-64-70(73)76-67-68(66-75-69(72)63-60-57-54-51-48-45-42-27-24-21-18-15-12-9-6-3)77-71(74)65-62-59-56-53-50-47-44-41-39-36-33-31-29-26-23-20-17-14-11-8-5-2/h9,12,18,21,23,26-27,30-33,39,41-42,48,51,68H,4-8,10-11,13-17,19-20,22,24-25,28-29,34-38,40,43-47,49-50,52-67H2,1-3H3/b12-9-,21-18-,26-23-,32-30-,33-31-,41-39-,42-27-,51-48-. The lowest BCUT2D eigenvalue weighted by Gasteiger charge is -2.18. The van der Waals surface area contributed by atoms with Crippen molar-refractivity contribution in [3.63, 3.8) is 0 Å². The highest BCUT2D eigenvalue weighted by Crippen LogP contribution is 2.16. The maximum Gasteiger partial charge on any atom is 0.306 e. The molecule has 6 nitrogen and oxygen atoms in total. The molecule has 0 bridgehead atoms. The summed E-state index contributed by atoms with van der Waals surface area (Å²) in [7, 11) is 0. The summed E-state index contributed by atoms with van der Waals surface area (Å²) in [4.78, 5) is 38.3. The minimum atomic E-state index is -0.804. The highest BCUT2D eigenvalue weighted by Gasteiger charge is 2.19. The molecular weight excluding hydrogens is 949 g/mol. The lowest BCUT2D eigenvalue weighted by atomic mass is 10.0. The van der Waals surface area contributed by atoms with Crippen LogP contribution in [0, 0.1) is 0 Å². The fraction of sp³-hybridized carbons (Fsp3) is 0.732. The minimum Gasteiger partial charge on any atom is -0.462 e. The Bertz CT molecular complexity index is 1510. The molecule has 0 N–H and O–H groups in total. The first-order valence-electron chi connectivity index (χ1n) is 32.7. The van der Waals surface area contributed by atoms with Crippen molar-refractivity contribution in [2.24, 2.45) is 0 Å². The van der Waals surface area contributed by atoms with Gasteiger partial charge >= 0.3 is 17.9 Å². The lowest BCUT2D eigenvalue weighted by Crippen LogP contribution is -2.30. The molecule has 6 heteroatoms. The Labute approximate surface area is 477 Å². The van der Waals surface area contributed by atoms with Crippen LogP contribution < -0.4 is 0 Å². The second-order valence-electron chi connectivity index (χ2n) is 21.6. The van der Waals surface area contributed by atoms with Gasteiger partial charge in [-0.05, 0) is 122 Å². The zero-order valence-corrected chi connectivity index (χ0v) is 50.7.